The van der Waals surface area contributed by atoms with Crippen molar-refractivity contribution in [2.24, 2.45) is 0 Å². The van der Waals surface area contributed by atoms with Gasteiger partial charge in [-0.25, -0.2) is 0 Å². The Bertz CT molecular complexity index is 619. The van der Waals surface area contributed by atoms with Crippen LogP contribution in [0.5, 0.6) is 5.75 Å². The van der Waals surface area contributed by atoms with Crippen molar-refractivity contribution < 1.29 is 19.1 Å². The van der Waals surface area contributed by atoms with Crippen LogP contribution in [-0.2, 0) is 14.3 Å². The van der Waals surface area contributed by atoms with Crippen LogP contribution < -0.4 is 4.74 Å². The Labute approximate surface area is 131 Å². The number of esters is 1. The standard InChI is InChI=1S/C16H15BrO4/c1-3-7-20-16-12(5-4-6-14(16)17)13-8-11(9-15(13)19)21-10(2)18/h3-6,8,11H,1,7,9H2,2H3/t11-/m0/s1. The summed E-state index contributed by atoms with van der Waals surface area (Å²) in [6, 6.07) is 5.47. The summed E-state index contributed by atoms with van der Waals surface area (Å²) >= 11 is 3.42. The summed E-state index contributed by atoms with van der Waals surface area (Å²) in [6.45, 7) is 5.28. The number of ether oxygens (including phenoxy) is 2. The minimum Gasteiger partial charge on any atom is -0.488 e. The first-order chi connectivity index (χ1) is 10.0. The van der Waals surface area contributed by atoms with Crippen LogP contribution in [0.1, 0.15) is 18.9 Å². The first-order valence-corrected chi connectivity index (χ1v) is 7.27. The molecule has 1 atom stereocenters. The lowest BCUT2D eigenvalue weighted by atomic mass is 10.0. The minimum atomic E-state index is -0.503. The molecule has 0 radical (unpaired) electrons. The van der Waals surface area contributed by atoms with Gasteiger partial charge in [-0.2, -0.15) is 0 Å². The van der Waals surface area contributed by atoms with Crippen molar-refractivity contribution in [1.29, 1.82) is 0 Å². The van der Waals surface area contributed by atoms with E-state index in [2.05, 4.69) is 22.5 Å². The smallest absolute Gasteiger partial charge is 0.303 e. The third-order valence-electron chi connectivity index (χ3n) is 2.96. The molecule has 4 nitrogen and oxygen atoms in total. The van der Waals surface area contributed by atoms with E-state index >= 15 is 0 Å². The van der Waals surface area contributed by atoms with Crippen LogP contribution in [0.3, 0.4) is 0 Å². The predicted molar refractivity (Wildman–Crippen MR) is 83.0 cm³/mol. The van der Waals surface area contributed by atoms with Gasteiger partial charge in [0.1, 0.15) is 18.5 Å². The Morgan fingerprint density at radius 2 is 2.29 bits per heavy atom. The second kappa shape index (κ2) is 6.72. The molecule has 0 saturated heterocycles. The van der Waals surface area contributed by atoms with Crippen molar-refractivity contribution in [2.75, 3.05) is 6.61 Å². The molecule has 5 heteroatoms. The van der Waals surface area contributed by atoms with Crippen LogP contribution in [0, 0.1) is 0 Å². The van der Waals surface area contributed by atoms with Crippen LogP contribution in [0.4, 0.5) is 0 Å². The van der Waals surface area contributed by atoms with Gasteiger partial charge < -0.3 is 9.47 Å². The maximum atomic E-state index is 12.2. The summed E-state index contributed by atoms with van der Waals surface area (Å²) < 4.78 is 11.5. The summed E-state index contributed by atoms with van der Waals surface area (Å²) in [4.78, 5) is 23.2. The number of hydrogen-bond acceptors (Lipinski definition) is 4. The summed E-state index contributed by atoms with van der Waals surface area (Å²) in [5.41, 5.74) is 1.20. The minimum absolute atomic E-state index is 0.0668. The van der Waals surface area contributed by atoms with Gasteiger partial charge in [-0.1, -0.05) is 24.8 Å². The normalized spacial score (nSPS) is 17.3. The molecule has 0 aliphatic heterocycles. The third-order valence-corrected chi connectivity index (χ3v) is 3.58. The number of ketones is 1. The highest BCUT2D eigenvalue weighted by atomic mass is 79.9. The van der Waals surface area contributed by atoms with E-state index in [1.54, 1.807) is 12.2 Å². The van der Waals surface area contributed by atoms with Crippen LogP contribution in [0.2, 0.25) is 0 Å². The van der Waals surface area contributed by atoms with Crippen LogP contribution >= 0.6 is 15.9 Å². The van der Waals surface area contributed by atoms with E-state index in [1.807, 2.05) is 18.2 Å². The molecule has 1 aliphatic carbocycles. The molecule has 2 rings (SSSR count). The highest BCUT2D eigenvalue weighted by Gasteiger charge is 2.29. The van der Waals surface area contributed by atoms with Crippen molar-refractivity contribution in [3.05, 3.63) is 47.0 Å². The molecule has 0 bridgehead atoms. The van der Waals surface area contributed by atoms with Crippen LogP contribution in [0.15, 0.2) is 41.4 Å². The molecule has 1 aromatic rings. The van der Waals surface area contributed by atoms with Crippen molar-refractivity contribution in [1.82, 2.24) is 0 Å². The molecule has 0 unspecified atom stereocenters. The predicted octanol–water partition coefficient (Wildman–Crippen LogP) is 3.30. The molecule has 1 aromatic carbocycles. The maximum Gasteiger partial charge on any atom is 0.303 e. The van der Waals surface area contributed by atoms with Gasteiger partial charge in [0.2, 0.25) is 0 Å². The van der Waals surface area contributed by atoms with Gasteiger partial charge in [0.25, 0.3) is 0 Å². The zero-order valence-corrected chi connectivity index (χ0v) is 13.2. The van der Waals surface area contributed by atoms with E-state index in [-0.39, 0.29) is 12.2 Å². The zero-order chi connectivity index (χ0) is 15.4. The molecule has 0 spiro atoms. The average molecular weight is 351 g/mol. The van der Waals surface area contributed by atoms with Crippen LogP contribution in [-0.4, -0.2) is 24.5 Å². The first kappa shape index (κ1) is 15.5. The maximum absolute atomic E-state index is 12.2. The summed E-state index contributed by atoms with van der Waals surface area (Å²) in [6.07, 6.45) is 2.97. The lowest BCUT2D eigenvalue weighted by Crippen LogP contribution is -2.12. The van der Waals surface area contributed by atoms with E-state index in [4.69, 9.17) is 9.47 Å². The number of benzene rings is 1. The van der Waals surface area contributed by atoms with Crippen molar-refractivity contribution in [3.63, 3.8) is 0 Å². The second-order valence-corrected chi connectivity index (χ2v) is 5.43. The van der Waals surface area contributed by atoms with E-state index in [1.165, 1.54) is 6.92 Å². The van der Waals surface area contributed by atoms with Gasteiger partial charge in [-0.3, -0.25) is 9.59 Å². The molecule has 110 valence electrons. The fourth-order valence-corrected chi connectivity index (χ4v) is 2.65. The Morgan fingerprint density at radius 3 is 2.95 bits per heavy atom. The highest BCUT2D eigenvalue weighted by Crippen LogP contribution is 2.37. The molecule has 1 aliphatic rings. The summed E-state index contributed by atoms with van der Waals surface area (Å²) in [5.74, 6) is 0.117. The monoisotopic (exact) mass is 350 g/mol. The summed E-state index contributed by atoms with van der Waals surface area (Å²) in [7, 11) is 0. The largest absolute Gasteiger partial charge is 0.488 e. The molecule has 0 heterocycles. The number of halogens is 1. The van der Waals surface area contributed by atoms with Crippen molar-refractivity contribution in [2.45, 2.75) is 19.4 Å². The molecule has 0 amide bonds. The number of rotatable bonds is 5. The van der Waals surface area contributed by atoms with E-state index in [9.17, 15) is 9.59 Å². The molecule has 0 fully saturated rings. The molecular formula is C16H15BrO4. The number of Topliss-reactive ketones (excluding diaryl/α,β-unsaturated/α-hetero) is 1. The quantitative estimate of drug-likeness (QED) is 0.603. The lowest BCUT2D eigenvalue weighted by Gasteiger charge is -2.12. The number of carbonyl (C=O) groups excluding carboxylic acids is 2. The Hall–Kier alpha value is -1.88. The molecular weight excluding hydrogens is 336 g/mol. The Balaban J connectivity index is 2.36. The van der Waals surface area contributed by atoms with E-state index in [0.717, 1.165) is 4.47 Å². The number of carbonyl (C=O) groups is 2. The summed E-state index contributed by atoms with van der Waals surface area (Å²) in [5, 5.41) is 0. The SMILES string of the molecule is C=CCOc1c(Br)cccc1C1=C[C@H](OC(C)=O)CC1=O. The van der Waals surface area contributed by atoms with Gasteiger partial charge in [0.15, 0.2) is 5.78 Å². The van der Waals surface area contributed by atoms with Gasteiger partial charge in [-0.15, -0.1) is 0 Å². The average Bonchev–Trinajstić information content (AvgIpc) is 2.77. The number of para-hydroxylation sites is 1. The Kier molecular flexibility index (Phi) is 4.96. The fraction of sp³-hybridized carbons (Fsp3) is 0.250. The Morgan fingerprint density at radius 1 is 1.52 bits per heavy atom. The zero-order valence-electron chi connectivity index (χ0n) is 11.6. The van der Waals surface area contributed by atoms with E-state index < -0.39 is 12.1 Å². The highest BCUT2D eigenvalue weighted by molar-refractivity contribution is 9.10. The van der Waals surface area contributed by atoms with Gasteiger partial charge >= 0.3 is 5.97 Å². The van der Waals surface area contributed by atoms with Gasteiger partial charge in [-0.05, 0) is 28.1 Å². The molecule has 0 aromatic heterocycles. The van der Waals surface area contributed by atoms with Crippen LogP contribution in [0.25, 0.3) is 5.57 Å². The van der Waals surface area contributed by atoms with Crippen molar-refractivity contribution >= 4 is 33.3 Å². The number of hydrogen-bond donors (Lipinski definition) is 0. The van der Waals surface area contributed by atoms with Crippen molar-refractivity contribution in [3.8, 4) is 5.75 Å². The molecule has 21 heavy (non-hydrogen) atoms. The lowest BCUT2D eigenvalue weighted by molar-refractivity contribution is -0.144. The van der Waals surface area contributed by atoms with Gasteiger partial charge in [0, 0.05) is 18.1 Å². The number of allylic oxidation sites excluding steroid dienone is 1. The topological polar surface area (TPSA) is 52.6 Å². The second-order valence-electron chi connectivity index (χ2n) is 4.57. The first-order valence-electron chi connectivity index (χ1n) is 6.47. The molecule has 0 saturated carbocycles. The third kappa shape index (κ3) is 3.61. The fourth-order valence-electron chi connectivity index (χ4n) is 2.17. The van der Waals surface area contributed by atoms with E-state index in [0.29, 0.717) is 23.5 Å². The van der Waals surface area contributed by atoms with Gasteiger partial charge in [0.05, 0.1) is 10.9 Å². The molecule has 0 N–H and O–H groups in total.